The molecule has 4 aromatic heterocycles. The van der Waals surface area contributed by atoms with Crippen LogP contribution in [0.5, 0.6) is 0 Å². The Morgan fingerprint density at radius 3 is 1.84 bits per heavy atom. The van der Waals surface area contributed by atoms with E-state index >= 15 is 0 Å². The van der Waals surface area contributed by atoms with Crippen LogP contribution in [-0.2, 0) is 31.9 Å². The van der Waals surface area contributed by atoms with Crippen molar-refractivity contribution in [1.29, 1.82) is 10.5 Å². The van der Waals surface area contributed by atoms with Crippen LogP contribution in [0, 0.1) is 48.5 Å². The third-order valence-electron chi connectivity index (χ3n) is 6.57. The average molecular weight is 666 g/mol. The molecule has 0 radical (unpaired) electrons. The van der Waals surface area contributed by atoms with Gasteiger partial charge in [0.25, 0.3) is 12.1 Å². The maximum Gasteiger partial charge on any atom is 2.00 e. The second kappa shape index (κ2) is 10.2. The zero-order valence-electron chi connectivity index (χ0n) is 20.3. The second-order valence-electron chi connectivity index (χ2n) is 8.90. The van der Waals surface area contributed by atoms with E-state index in [1.54, 1.807) is 12.1 Å². The van der Waals surface area contributed by atoms with Crippen LogP contribution in [0.4, 0.5) is 11.6 Å². The molecule has 0 saturated carbocycles. The fourth-order valence-corrected chi connectivity index (χ4v) is 3.72. The second-order valence-corrected chi connectivity index (χ2v) is 8.90. The van der Waals surface area contributed by atoms with Crippen molar-refractivity contribution in [1.82, 2.24) is 29.1 Å². The van der Waals surface area contributed by atoms with Gasteiger partial charge in [-0.05, 0) is 18.2 Å². The molecule has 0 saturated heterocycles. The van der Waals surface area contributed by atoms with E-state index < -0.39 is 10.8 Å². The number of pyridine rings is 2. The number of imidazole rings is 2. The predicted octanol–water partition coefficient (Wildman–Crippen LogP) is 4.55. The van der Waals surface area contributed by atoms with E-state index in [1.807, 2.05) is 64.1 Å². The number of rotatable bonds is 5. The van der Waals surface area contributed by atoms with Crippen LogP contribution in [0.3, 0.4) is 0 Å². The van der Waals surface area contributed by atoms with Crippen molar-refractivity contribution >= 4 is 11.6 Å². The number of nitriles is 2. The van der Waals surface area contributed by atoms with Crippen molar-refractivity contribution in [2.75, 3.05) is 0 Å². The van der Waals surface area contributed by atoms with E-state index in [0.29, 0.717) is 11.6 Å². The molecule has 0 fully saturated rings. The molecule has 0 unspecified atom stereocenters. The molecular formula is C26H18N10Pt. The van der Waals surface area contributed by atoms with Crippen LogP contribution in [-0.4, -0.2) is 29.1 Å². The molecule has 4 heterocycles. The summed E-state index contributed by atoms with van der Waals surface area (Å²) in [4.78, 5) is 24.1. The molecule has 0 aliphatic rings. The van der Waals surface area contributed by atoms with Crippen molar-refractivity contribution < 1.29 is 21.1 Å². The first kappa shape index (κ1) is 27.0. The molecule has 0 atom stereocenters. The largest absolute Gasteiger partial charge is 2.00 e. The fourth-order valence-electron chi connectivity index (χ4n) is 3.72. The molecule has 0 spiro atoms. The zero-order valence-corrected chi connectivity index (χ0v) is 22.5. The van der Waals surface area contributed by atoms with Gasteiger partial charge >= 0.3 is 26.9 Å². The van der Waals surface area contributed by atoms with Crippen molar-refractivity contribution in [3.8, 4) is 23.8 Å². The van der Waals surface area contributed by atoms with Gasteiger partial charge in [0.1, 0.15) is 5.82 Å². The summed E-state index contributed by atoms with van der Waals surface area (Å²) in [7, 11) is 0. The van der Waals surface area contributed by atoms with Gasteiger partial charge < -0.3 is 19.2 Å². The topological polar surface area (TPSA) is 118 Å². The minimum Gasteiger partial charge on any atom is -0.402 e. The number of nitrogens with zero attached hydrogens (tertiary/aromatic N) is 10. The van der Waals surface area contributed by atoms with Gasteiger partial charge in [-0.2, -0.15) is 0 Å². The van der Waals surface area contributed by atoms with Crippen LogP contribution in [0.15, 0.2) is 36.4 Å². The van der Waals surface area contributed by atoms with Crippen LogP contribution in [0.25, 0.3) is 21.3 Å². The van der Waals surface area contributed by atoms with Crippen LogP contribution in [0.2, 0.25) is 0 Å². The average Bonchev–Trinajstić information content (AvgIpc) is 3.52. The van der Waals surface area contributed by atoms with Gasteiger partial charge in [-0.25, -0.2) is 10.5 Å². The Labute approximate surface area is 228 Å². The van der Waals surface area contributed by atoms with Gasteiger partial charge in [-0.3, -0.25) is 14.5 Å². The van der Waals surface area contributed by atoms with E-state index in [0.717, 1.165) is 11.4 Å². The number of aromatic nitrogens is 6. The molecule has 0 N–H and O–H groups in total. The Morgan fingerprint density at radius 2 is 1.35 bits per heavy atom. The standard InChI is InChI=1S/C26H18N10.Pt/c1-25(2,19-9-7-11-21(33-19)35-15-31-17(13-27)18(35)14-28)26(3,4)20-10-8-12-22(34-20)36-16-32-23(29-5)24(36)30-6;/h7-12H,1-4H3;/q-2;+2. The van der Waals surface area contributed by atoms with Gasteiger partial charge in [0.2, 0.25) is 0 Å². The van der Waals surface area contributed by atoms with Gasteiger partial charge in [0, 0.05) is 34.2 Å². The number of hydrogen-bond acceptors (Lipinski definition) is 6. The molecule has 4 aromatic rings. The van der Waals surface area contributed by atoms with Crippen molar-refractivity contribution in [3.63, 3.8) is 0 Å². The summed E-state index contributed by atoms with van der Waals surface area (Å²) in [6.07, 6.45) is 5.36. The molecular weight excluding hydrogens is 647 g/mol. The van der Waals surface area contributed by atoms with Crippen LogP contribution < -0.4 is 0 Å². The van der Waals surface area contributed by atoms with Crippen molar-refractivity contribution in [3.05, 3.63) is 94.7 Å². The fraction of sp³-hybridized carbons (Fsp3) is 0.231. The molecule has 0 aromatic carbocycles. The van der Waals surface area contributed by atoms with Crippen LogP contribution in [0.1, 0.15) is 50.5 Å². The summed E-state index contributed by atoms with van der Waals surface area (Å²) in [5.74, 6) is 0.889. The third kappa shape index (κ3) is 4.41. The normalized spacial score (nSPS) is 10.9. The maximum absolute atomic E-state index is 9.50. The molecule has 37 heavy (non-hydrogen) atoms. The van der Waals surface area contributed by atoms with Gasteiger partial charge in [0.05, 0.1) is 23.7 Å². The third-order valence-corrected chi connectivity index (χ3v) is 6.57. The van der Waals surface area contributed by atoms with Crippen molar-refractivity contribution in [2.24, 2.45) is 0 Å². The first-order valence-corrected chi connectivity index (χ1v) is 10.7. The summed E-state index contributed by atoms with van der Waals surface area (Å²) in [5.41, 5.74) is 0.390. The predicted molar refractivity (Wildman–Crippen MR) is 128 cm³/mol. The molecule has 11 heteroatoms. The van der Waals surface area contributed by atoms with Gasteiger partial charge in [0.15, 0.2) is 0 Å². The minimum atomic E-state index is -0.566. The quantitative estimate of drug-likeness (QED) is 0.289. The Kier molecular flexibility index (Phi) is 7.40. The first-order valence-electron chi connectivity index (χ1n) is 10.7. The SMILES string of the molecule is [C-]#[N+]c1n[c-]n(-c2cccc(C(C)(C)C(C)(C)c3cccc(-n4[c-]nc(C#N)c4C#N)n3)n2)c1[N+]#[C-].[Pt+2]. The van der Waals surface area contributed by atoms with E-state index in [9.17, 15) is 10.5 Å². The van der Waals surface area contributed by atoms with Gasteiger partial charge in [-0.1, -0.05) is 64.0 Å². The van der Waals surface area contributed by atoms with Crippen molar-refractivity contribution in [2.45, 2.75) is 38.5 Å². The maximum atomic E-state index is 9.50. The first-order chi connectivity index (χ1) is 17.2. The Balaban J connectivity index is 0.00000380. The summed E-state index contributed by atoms with van der Waals surface area (Å²) >= 11 is 0. The molecule has 0 aliphatic heterocycles. The molecule has 4 rings (SSSR count). The minimum absolute atomic E-state index is 0. The molecule has 0 amide bonds. The van der Waals surface area contributed by atoms with E-state index in [-0.39, 0.29) is 44.1 Å². The van der Waals surface area contributed by atoms with E-state index in [2.05, 4.69) is 32.3 Å². The zero-order chi connectivity index (χ0) is 26.1. The summed E-state index contributed by atoms with van der Waals surface area (Å²) in [6.45, 7) is 22.8. The monoisotopic (exact) mass is 665 g/mol. The smallest absolute Gasteiger partial charge is 0.402 e. The Morgan fingerprint density at radius 1 is 0.811 bits per heavy atom. The summed E-state index contributed by atoms with van der Waals surface area (Å²) < 4.78 is 2.76. The molecule has 10 nitrogen and oxygen atoms in total. The Bertz CT molecular complexity index is 1520. The molecule has 182 valence electrons. The summed E-state index contributed by atoms with van der Waals surface area (Å²) in [5, 5.41) is 18.7. The molecule has 0 aliphatic carbocycles. The van der Waals surface area contributed by atoms with E-state index in [1.165, 1.54) is 9.13 Å². The number of hydrogen-bond donors (Lipinski definition) is 0. The molecule has 0 bridgehead atoms. The van der Waals surface area contributed by atoms with E-state index in [4.69, 9.17) is 23.1 Å². The Hall–Kier alpha value is -4.63. The summed E-state index contributed by atoms with van der Waals surface area (Å²) in [6, 6.07) is 14.8. The van der Waals surface area contributed by atoms with Gasteiger partial charge in [-0.15, -0.1) is 0 Å². The van der Waals surface area contributed by atoms with Crippen LogP contribution >= 0.6 is 0 Å².